The van der Waals surface area contributed by atoms with E-state index in [9.17, 15) is 9.90 Å². The average molecular weight is 583 g/mol. The molecule has 11 heteroatoms. The normalized spacial score (nSPS) is 14.6. The fourth-order valence-corrected chi connectivity index (χ4v) is 5.29. The molecule has 6 rings (SSSR count). The molecule has 0 amide bonds. The van der Waals surface area contributed by atoms with Crippen molar-refractivity contribution < 1.29 is 19.1 Å². The van der Waals surface area contributed by atoms with Gasteiger partial charge in [-0.05, 0) is 67.3 Å². The van der Waals surface area contributed by atoms with E-state index in [1.54, 1.807) is 22.7 Å². The molecule has 5 aromatic rings. The van der Waals surface area contributed by atoms with Crippen molar-refractivity contribution in [2.45, 2.75) is 52.6 Å². The van der Waals surface area contributed by atoms with Gasteiger partial charge in [0.15, 0.2) is 5.84 Å². The van der Waals surface area contributed by atoms with Gasteiger partial charge in [-0.1, -0.05) is 54.9 Å². The first-order chi connectivity index (χ1) is 20.8. The topological polar surface area (TPSA) is 115 Å². The Bertz CT molecular complexity index is 1880. The van der Waals surface area contributed by atoms with Crippen LogP contribution in [-0.4, -0.2) is 42.6 Å². The van der Waals surface area contributed by atoms with E-state index in [2.05, 4.69) is 20.6 Å². The summed E-state index contributed by atoms with van der Waals surface area (Å²) in [7, 11) is 0. The zero-order valence-corrected chi connectivity index (χ0v) is 24.0. The van der Waals surface area contributed by atoms with Crippen LogP contribution in [0.4, 0.5) is 4.39 Å². The summed E-state index contributed by atoms with van der Waals surface area (Å²) in [4.78, 5) is 23.4. The number of hydrogen-bond acceptors (Lipinski definition) is 8. The van der Waals surface area contributed by atoms with Crippen LogP contribution in [0.25, 0.3) is 22.6 Å². The van der Waals surface area contributed by atoms with Gasteiger partial charge in [0.05, 0.1) is 17.5 Å². The number of aliphatic hydroxyl groups is 1. The Balaban J connectivity index is 1.41. The molecule has 220 valence electrons. The molecule has 0 spiro atoms. The lowest BCUT2D eigenvalue weighted by atomic mass is 9.95. The molecule has 1 aliphatic heterocycles. The summed E-state index contributed by atoms with van der Waals surface area (Å²) < 4.78 is 24.7. The fourth-order valence-electron chi connectivity index (χ4n) is 5.29. The van der Waals surface area contributed by atoms with Gasteiger partial charge in [0.2, 0.25) is 5.78 Å². The molecular formula is C32H31FN6O4. The average Bonchev–Trinajstić information content (AvgIpc) is 3.65. The van der Waals surface area contributed by atoms with Crippen LogP contribution in [0.1, 0.15) is 49.6 Å². The monoisotopic (exact) mass is 582 g/mol. The first-order valence-corrected chi connectivity index (χ1v) is 14.1. The third-order valence-electron chi connectivity index (χ3n) is 7.17. The highest BCUT2D eigenvalue weighted by Gasteiger charge is 2.23. The number of aromatic nitrogens is 4. The van der Waals surface area contributed by atoms with Crippen LogP contribution < -0.4 is 15.6 Å². The van der Waals surface area contributed by atoms with E-state index in [1.165, 1.54) is 17.0 Å². The number of amidine groups is 1. The number of nitrogens with one attached hydrogen (secondary N) is 1. The van der Waals surface area contributed by atoms with E-state index in [0.717, 1.165) is 6.42 Å². The van der Waals surface area contributed by atoms with E-state index in [0.29, 0.717) is 63.0 Å². The molecule has 2 aromatic heterocycles. The van der Waals surface area contributed by atoms with Gasteiger partial charge in [-0.25, -0.2) is 13.5 Å². The number of hydrogen-bond donors (Lipinski definition) is 2. The number of halogens is 1. The number of benzene rings is 3. The molecule has 0 aliphatic carbocycles. The van der Waals surface area contributed by atoms with Gasteiger partial charge in [-0.3, -0.25) is 4.79 Å². The zero-order chi connectivity index (χ0) is 30.1. The van der Waals surface area contributed by atoms with E-state index >= 15 is 4.39 Å². The zero-order valence-electron chi connectivity index (χ0n) is 24.0. The summed E-state index contributed by atoms with van der Waals surface area (Å²) in [5.74, 6) is 0.976. The molecule has 0 saturated carbocycles. The van der Waals surface area contributed by atoms with Gasteiger partial charge in [-0.15, -0.1) is 0 Å². The van der Waals surface area contributed by atoms with Crippen LogP contribution >= 0.6 is 0 Å². The number of rotatable bonds is 9. The van der Waals surface area contributed by atoms with Gasteiger partial charge >= 0.3 is 6.41 Å². The number of aliphatic hydroxyl groups excluding tert-OH is 1. The van der Waals surface area contributed by atoms with Crippen molar-refractivity contribution >= 4 is 11.6 Å². The molecule has 1 atom stereocenters. The minimum absolute atomic E-state index is 0.0153. The minimum Gasteiger partial charge on any atom is -0.491 e. The largest absolute Gasteiger partial charge is 0.491 e. The van der Waals surface area contributed by atoms with Gasteiger partial charge < -0.3 is 20.0 Å². The molecule has 0 bridgehead atoms. The van der Waals surface area contributed by atoms with Crippen LogP contribution in [0.15, 0.2) is 83.0 Å². The Morgan fingerprint density at radius 2 is 1.86 bits per heavy atom. The second-order valence-corrected chi connectivity index (χ2v) is 10.5. The summed E-state index contributed by atoms with van der Waals surface area (Å²) in [5.41, 5.74) is 3.83. The van der Waals surface area contributed by atoms with Crippen molar-refractivity contribution in [1.29, 1.82) is 0 Å². The number of fused-ring (bicyclic) bond motifs is 1. The van der Waals surface area contributed by atoms with Crippen molar-refractivity contribution in [2.75, 3.05) is 0 Å². The summed E-state index contributed by atoms with van der Waals surface area (Å²) in [6.45, 7) is 5.91. The summed E-state index contributed by atoms with van der Waals surface area (Å²) >= 11 is 0. The Kier molecular flexibility index (Phi) is 7.64. The van der Waals surface area contributed by atoms with Crippen molar-refractivity contribution in [3.05, 3.63) is 112 Å². The highest BCUT2D eigenvalue weighted by atomic mass is 19.1. The third-order valence-corrected chi connectivity index (χ3v) is 7.17. The summed E-state index contributed by atoms with van der Waals surface area (Å²) in [5, 5.41) is 20.7. The van der Waals surface area contributed by atoms with E-state index in [1.807, 2.05) is 63.2 Å². The van der Waals surface area contributed by atoms with Crippen LogP contribution in [0, 0.1) is 5.82 Å². The van der Waals surface area contributed by atoms with Crippen LogP contribution in [0.3, 0.4) is 0 Å². The lowest BCUT2D eigenvalue weighted by Crippen LogP contribution is -2.29. The van der Waals surface area contributed by atoms with Crippen molar-refractivity contribution in [3.63, 3.8) is 0 Å². The molecule has 43 heavy (non-hydrogen) atoms. The summed E-state index contributed by atoms with van der Waals surface area (Å²) in [6.07, 6.45) is 1.61. The lowest BCUT2D eigenvalue weighted by Gasteiger charge is -2.17. The van der Waals surface area contributed by atoms with Gasteiger partial charge in [0, 0.05) is 17.5 Å². The van der Waals surface area contributed by atoms with Gasteiger partial charge in [0.25, 0.3) is 5.56 Å². The highest BCUT2D eigenvalue weighted by molar-refractivity contribution is 6.04. The molecule has 10 nitrogen and oxygen atoms in total. The van der Waals surface area contributed by atoms with Crippen molar-refractivity contribution in [3.8, 4) is 22.6 Å². The molecule has 0 fully saturated rings. The molecule has 1 unspecified atom stereocenters. The number of nitrogens with zero attached hydrogens (tertiary/aromatic N) is 5. The van der Waals surface area contributed by atoms with E-state index < -0.39 is 12.2 Å². The minimum atomic E-state index is -1.24. The molecular weight excluding hydrogens is 551 g/mol. The van der Waals surface area contributed by atoms with Crippen LogP contribution in [0.2, 0.25) is 0 Å². The smallest absolute Gasteiger partial charge is 0.304 e. The predicted octanol–water partition coefficient (Wildman–Crippen LogP) is 4.57. The standard InChI is InChI=1S/C32H31FN6O4/c1-4-7-28-26(30(40)38(31-34-18-35-39(28)31)22-12-14-23(15-13-22)42-19(2)3)16-21-11-10-20(17-27(21)33)24-8-5-6-9-25(24)29-36-32(41)43-37-29/h5-6,8-15,17-19,32,41H,4,7,16H2,1-3H3,(H,36,37). The maximum Gasteiger partial charge on any atom is 0.304 e. The Labute approximate surface area is 247 Å². The lowest BCUT2D eigenvalue weighted by molar-refractivity contribution is -0.0896. The SMILES string of the molecule is CCCc1c(Cc2ccc(-c3ccccc3C3=NOC(O)N3)cc2F)c(=O)n(-c2ccc(OC(C)C)cc2)c2ncnn12. The Morgan fingerprint density at radius 3 is 2.53 bits per heavy atom. The molecule has 0 saturated heterocycles. The Morgan fingerprint density at radius 1 is 1.09 bits per heavy atom. The fraction of sp³-hybridized carbons (Fsp3) is 0.250. The quantitative estimate of drug-likeness (QED) is 0.262. The maximum absolute atomic E-state index is 15.8. The van der Waals surface area contributed by atoms with E-state index in [4.69, 9.17) is 9.57 Å². The second-order valence-electron chi connectivity index (χ2n) is 10.5. The molecule has 2 N–H and O–H groups in total. The Hall–Kier alpha value is -5.03. The van der Waals surface area contributed by atoms with E-state index in [-0.39, 0.29) is 18.1 Å². The first kappa shape index (κ1) is 28.1. The third kappa shape index (κ3) is 5.46. The van der Waals surface area contributed by atoms with Crippen molar-refractivity contribution in [2.24, 2.45) is 5.16 Å². The molecule has 1 aliphatic rings. The number of oxime groups is 1. The predicted molar refractivity (Wildman–Crippen MR) is 160 cm³/mol. The molecule has 3 aromatic carbocycles. The molecule has 3 heterocycles. The number of aryl methyl sites for hydroxylation is 1. The van der Waals surface area contributed by atoms with Crippen LogP contribution in [0.5, 0.6) is 5.75 Å². The van der Waals surface area contributed by atoms with Crippen molar-refractivity contribution in [1.82, 2.24) is 24.5 Å². The number of ether oxygens (including phenoxy) is 1. The first-order valence-electron chi connectivity index (χ1n) is 14.1. The van der Waals surface area contributed by atoms with Gasteiger partial charge in [-0.2, -0.15) is 10.1 Å². The highest BCUT2D eigenvalue weighted by Crippen LogP contribution is 2.28. The molecule has 0 radical (unpaired) electrons. The van der Waals surface area contributed by atoms with Crippen LogP contribution in [-0.2, 0) is 17.7 Å². The second kappa shape index (κ2) is 11.7. The maximum atomic E-state index is 15.8. The summed E-state index contributed by atoms with van der Waals surface area (Å²) in [6, 6.07) is 19.5. The van der Waals surface area contributed by atoms with Gasteiger partial charge in [0.1, 0.15) is 17.9 Å².